The first-order valence-corrected chi connectivity index (χ1v) is 12.4. The zero-order valence-corrected chi connectivity index (χ0v) is 20.6. The average molecular weight is 473 g/mol. The van der Waals surface area contributed by atoms with Crippen molar-refractivity contribution < 1.29 is 0 Å². The standard InChI is InChI=1S/C24H33ClN6S/c1-17-5-3-11-30(15-17)21-13-22(31-12-4-6-18(2)16-31)28-23(27-21)29-24(32)26-14-19-7-9-20(25)10-8-19/h7-10,13,17-18H,3-6,11-12,14-16H2,1-2H3,(H2,26,27,28,29,32). The summed E-state index contributed by atoms with van der Waals surface area (Å²) in [4.78, 5) is 14.5. The minimum atomic E-state index is 0.516. The van der Waals surface area contributed by atoms with Crippen LogP contribution in [-0.4, -0.2) is 41.3 Å². The summed E-state index contributed by atoms with van der Waals surface area (Å²) in [5, 5.41) is 7.72. The van der Waals surface area contributed by atoms with Crippen molar-refractivity contribution in [2.75, 3.05) is 41.3 Å². The summed E-state index contributed by atoms with van der Waals surface area (Å²) in [6.07, 6.45) is 4.96. The largest absolute Gasteiger partial charge is 0.358 e. The lowest BCUT2D eigenvalue weighted by atomic mass is 10.00. The molecular weight excluding hydrogens is 440 g/mol. The second-order valence-corrected chi connectivity index (χ2v) is 10.1. The number of hydrogen-bond acceptors (Lipinski definition) is 5. The number of hydrogen-bond donors (Lipinski definition) is 2. The summed E-state index contributed by atoms with van der Waals surface area (Å²) in [5.41, 5.74) is 1.11. The van der Waals surface area contributed by atoms with Crippen LogP contribution in [0.1, 0.15) is 45.1 Å². The number of rotatable bonds is 5. The van der Waals surface area contributed by atoms with E-state index in [2.05, 4.69) is 40.3 Å². The van der Waals surface area contributed by atoms with Crippen molar-refractivity contribution in [1.29, 1.82) is 0 Å². The Bertz CT molecular complexity index is 881. The highest BCUT2D eigenvalue weighted by Crippen LogP contribution is 2.28. The van der Waals surface area contributed by atoms with E-state index in [0.29, 0.717) is 29.4 Å². The first-order valence-electron chi connectivity index (χ1n) is 11.6. The average Bonchev–Trinajstić information content (AvgIpc) is 2.78. The predicted molar refractivity (Wildman–Crippen MR) is 138 cm³/mol. The van der Waals surface area contributed by atoms with Crippen LogP contribution in [0.3, 0.4) is 0 Å². The maximum absolute atomic E-state index is 5.97. The molecule has 2 atom stereocenters. The summed E-state index contributed by atoms with van der Waals surface area (Å²) in [6, 6.07) is 9.90. The molecule has 0 saturated carbocycles. The Labute approximate surface area is 201 Å². The number of halogens is 1. The van der Waals surface area contributed by atoms with E-state index in [0.717, 1.165) is 48.4 Å². The predicted octanol–water partition coefficient (Wildman–Crippen LogP) is 5.09. The Balaban J connectivity index is 1.50. The molecule has 2 unspecified atom stereocenters. The van der Waals surface area contributed by atoms with Crippen LogP contribution in [0.2, 0.25) is 5.02 Å². The Morgan fingerprint density at radius 3 is 2.09 bits per heavy atom. The Hall–Kier alpha value is -2.12. The zero-order valence-electron chi connectivity index (χ0n) is 19.0. The van der Waals surface area contributed by atoms with Crippen LogP contribution in [0.5, 0.6) is 0 Å². The van der Waals surface area contributed by atoms with Crippen LogP contribution < -0.4 is 20.4 Å². The number of piperidine rings is 2. The molecule has 1 aromatic carbocycles. The lowest BCUT2D eigenvalue weighted by Gasteiger charge is -2.35. The molecule has 4 rings (SSSR count). The van der Waals surface area contributed by atoms with Crippen molar-refractivity contribution in [2.45, 2.75) is 46.1 Å². The fraction of sp³-hybridized carbons (Fsp3) is 0.542. The van der Waals surface area contributed by atoms with E-state index in [-0.39, 0.29) is 0 Å². The van der Waals surface area contributed by atoms with Gasteiger partial charge < -0.3 is 20.4 Å². The van der Waals surface area contributed by atoms with Gasteiger partial charge in [-0.25, -0.2) is 0 Å². The van der Waals surface area contributed by atoms with Gasteiger partial charge in [0.05, 0.1) is 0 Å². The number of nitrogens with zero attached hydrogens (tertiary/aromatic N) is 4. The summed E-state index contributed by atoms with van der Waals surface area (Å²) >= 11 is 11.5. The van der Waals surface area contributed by atoms with Crippen molar-refractivity contribution in [3.63, 3.8) is 0 Å². The van der Waals surface area contributed by atoms with E-state index < -0.39 is 0 Å². The molecule has 2 N–H and O–H groups in total. The van der Waals surface area contributed by atoms with Crippen molar-refractivity contribution in [3.05, 3.63) is 40.9 Å². The highest BCUT2D eigenvalue weighted by Gasteiger charge is 2.23. The molecule has 172 valence electrons. The SMILES string of the molecule is CC1CCCN(c2cc(N3CCCC(C)C3)nc(NC(=S)NCc3ccc(Cl)cc3)n2)C1. The second kappa shape index (κ2) is 10.7. The van der Waals surface area contributed by atoms with Gasteiger partial charge in [-0.05, 0) is 67.4 Å². The van der Waals surface area contributed by atoms with Gasteiger partial charge >= 0.3 is 0 Å². The van der Waals surface area contributed by atoms with Gasteiger partial charge in [-0.1, -0.05) is 37.6 Å². The topological polar surface area (TPSA) is 56.3 Å². The van der Waals surface area contributed by atoms with Gasteiger partial charge in [-0.3, -0.25) is 0 Å². The Morgan fingerprint density at radius 1 is 1.00 bits per heavy atom. The molecule has 0 radical (unpaired) electrons. The van der Waals surface area contributed by atoms with Crippen molar-refractivity contribution >= 4 is 46.5 Å². The first kappa shape index (κ1) is 23.1. The van der Waals surface area contributed by atoms with Gasteiger partial charge in [0.25, 0.3) is 0 Å². The van der Waals surface area contributed by atoms with Gasteiger partial charge in [0.15, 0.2) is 5.11 Å². The van der Waals surface area contributed by atoms with Gasteiger partial charge in [0.1, 0.15) is 11.6 Å². The van der Waals surface area contributed by atoms with E-state index in [9.17, 15) is 0 Å². The minimum Gasteiger partial charge on any atom is -0.358 e. The molecule has 2 saturated heterocycles. The lowest BCUT2D eigenvalue weighted by molar-refractivity contribution is 0.441. The molecular formula is C24H33ClN6S. The lowest BCUT2D eigenvalue weighted by Crippen LogP contribution is -2.37. The number of thiocarbonyl (C=S) groups is 1. The molecule has 2 aromatic rings. The minimum absolute atomic E-state index is 0.516. The molecule has 3 heterocycles. The van der Waals surface area contributed by atoms with Crippen LogP contribution in [0.4, 0.5) is 17.6 Å². The third kappa shape index (κ3) is 6.23. The quantitative estimate of drug-likeness (QED) is 0.588. The number of benzene rings is 1. The fourth-order valence-electron chi connectivity index (χ4n) is 4.53. The zero-order chi connectivity index (χ0) is 22.5. The summed E-state index contributed by atoms with van der Waals surface area (Å²) in [6.45, 7) is 9.39. The summed E-state index contributed by atoms with van der Waals surface area (Å²) < 4.78 is 0. The Morgan fingerprint density at radius 2 is 1.56 bits per heavy atom. The molecule has 0 aliphatic carbocycles. The maximum atomic E-state index is 5.97. The van der Waals surface area contributed by atoms with E-state index in [1.54, 1.807) is 0 Å². The number of nitrogens with one attached hydrogen (secondary N) is 2. The molecule has 8 heteroatoms. The smallest absolute Gasteiger partial charge is 0.232 e. The van der Waals surface area contributed by atoms with Gasteiger partial charge in [0.2, 0.25) is 5.95 Å². The van der Waals surface area contributed by atoms with Crippen molar-refractivity contribution in [3.8, 4) is 0 Å². The molecule has 0 bridgehead atoms. The number of anilines is 3. The molecule has 6 nitrogen and oxygen atoms in total. The highest BCUT2D eigenvalue weighted by molar-refractivity contribution is 7.80. The first-order chi connectivity index (χ1) is 15.5. The fourth-order valence-corrected chi connectivity index (χ4v) is 4.82. The van der Waals surface area contributed by atoms with Crippen LogP contribution >= 0.6 is 23.8 Å². The summed E-state index contributed by atoms with van der Waals surface area (Å²) in [7, 11) is 0. The molecule has 2 aliphatic rings. The van der Waals surface area contributed by atoms with Crippen LogP contribution in [-0.2, 0) is 6.54 Å². The highest BCUT2D eigenvalue weighted by atomic mass is 35.5. The normalized spacial score (nSPS) is 21.3. The van der Waals surface area contributed by atoms with Gasteiger partial charge in [-0.2, -0.15) is 9.97 Å². The van der Waals surface area contributed by atoms with Crippen LogP contribution in [0.15, 0.2) is 30.3 Å². The monoisotopic (exact) mass is 472 g/mol. The van der Waals surface area contributed by atoms with E-state index in [1.165, 1.54) is 25.7 Å². The number of aromatic nitrogens is 2. The molecule has 2 aliphatic heterocycles. The van der Waals surface area contributed by atoms with Crippen molar-refractivity contribution in [2.24, 2.45) is 11.8 Å². The molecule has 32 heavy (non-hydrogen) atoms. The van der Waals surface area contributed by atoms with E-state index in [4.69, 9.17) is 33.8 Å². The molecule has 0 amide bonds. The van der Waals surface area contributed by atoms with Crippen LogP contribution in [0, 0.1) is 11.8 Å². The second-order valence-electron chi connectivity index (χ2n) is 9.23. The third-order valence-corrected chi connectivity index (χ3v) is 6.75. The third-order valence-electron chi connectivity index (χ3n) is 6.25. The maximum Gasteiger partial charge on any atom is 0.232 e. The van der Waals surface area contributed by atoms with E-state index >= 15 is 0 Å². The van der Waals surface area contributed by atoms with E-state index in [1.807, 2.05) is 24.3 Å². The van der Waals surface area contributed by atoms with Gasteiger partial charge in [-0.15, -0.1) is 0 Å². The Kier molecular flexibility index (Phi) is 7.68. The van der Waals surface area contributed by atoms with Crippen molar-refractivity contribution in [1.82, 2.24) is 15.3 Å². The summed E-state index contributed by atoms with van der Waals surface area (Å²) in [5.74, 6) is 3.89. The van der Waals surface area contributed by atoms with Crippen LogP contribution in [0.25, 0.3) is 0 Å². The van der Waals surface area contributed by atoms with Gasteiger partial charge in [0, 0.05) is 43.8 Å². The molecule has 1 aromatic heterocycles. The molecule has 0 spiro atoms. The molecule has 2 fully saturated rings.